The molecule has 0 saturated carbocycles. The number of nitrogens with zero attached hydrogens (tertiary/aromatic N) is 3. The van der Waals surface area contributed by atoms with E-state index in [0.29, 0.717) is 11.5 Å². The minimum Gasteiger partial charge on any atom is -0.335 e. The lowest BCUT2D eigenvalue weighted by molar-refractivity contribution is 0.234. The first kappa shape index (κ1) is 15.2. The van der Waals surface area contributed by atoms with Crippen LogP contribution in [-0.4, -0.2) is 21.4 Å². The first-order valence-electron chi connectivity index (χ1n) is 6.65. The van der Waals surface area contributed by atoms with E-state index in [9.17, 15) is 5.21 Å². The van der Waals surface area contributed by atoms with Gasteiger partial charge in [0.1, 0.15) is 0 Å². The van der Waals surface area contributed by atoms with Crippen LogP contribution in [0.15, 0.2) is 68.7 Å². The van der Waals surface area contributed by atoms with Gasteiger partial charge in [0.25, 0.3) is 0 Å². The van der Waals surface area contributed by atoms with Gasteiger partial charge in [-0.05, 0) is 46.7 Å². The smallest absolute Gasteiger partial charge is 0.206 e. The highest BCUT2D eigenvalue weighted by atomic mass is 79.9. The Balaban J connectivity index is 1.89. The second kappa shape index (κ2) is 7.03. The molecule has 0 aliphatic carbocycles. The third kappa shape index (κ3) is 3.74. The van der Waals surface area contributed by atoms with Crippen LogP contribution in [0.5, 0.6) is 0 Å². The second-order valence-corrected chi connectivity index (χ2v) is 5.42. The number of para-hydroxylation sites is 1. The summed E-state index contributed by atoms with van der Waals surface area (Å²) in [6.45, 7) is 0. The number of benzene rings is 2. The molecule has 0 unspecified atom stereocenters. The van der Waals surface area contributed by atoms with Crippen molar-refractivity contribution in [3.8, 4) is 0 Å². The Morgan fingerprint density at radius 1 is 1.04 bits per heavy atom. The number of anilines is 2. The summed E-state index contributed by atoms with van der Waals surface area (Å²) in [6, 6.07) is 16.7. The van der Waals surface area contributed by atoms with Crippen molar-refractivity contribution in [3.63, 3.8) is 0 Å². The van der Waals surface area contributed by atoms with Crippen LogP contribution < -0.4 is 10.8 Å². The van der Waals surface area contributed by atoms with E-state index in [4.69, 9.17) is 4.63 Å². The molecule has 8 heteroatoms. The summed E-state index contributed by atoms with van der Waals surface area (Å²) >= 11 is 3.37. The fourth-order valence-corrected chi connectivity index (χ4v) is 2.12. The topological polar surface area (TPSA) is 95.6 Å². The third-order valence-corrected chi connectivity index (χ3v) is 3.45. The van der Waals surface area contributed by atoms with Crippen LogP contribution in [0.4, 0.5) is 17.2 Å². The van der Waals surface area contributed by atoms with Gasteiger partial charge < -0.3 is 5.32 Å². The highest BCUT2D eigenvalue weighted by Gasteiger charge is 2.16. The van der Waals surface area contributed by atoms with Gasteiger partial charge in [-0.25, -0.2) is 9.62 Å². The Labute approximate surface area is 140 Å². The first-order valence-corrected chi connectivity index (χ1v) is 7.45. The zero-order chi connectivity index (χ0) is 16.1. The fourth-order valence-electron chi connectivity index (χ4n) is 1.86. The quantitative estimate of drug-likeness (QED) is 0.367. The molecule has 0 aliphatic heterocycles. The number of aromatic nitrogens is 2. The number of hydrogen-bond donors (Lipinski definition) is 3. The van der Waals surface area contributed by atoms with Crippen molar-refractivity contribution < 1.29 is 9.84 Å². The largest absolute Gasteiger partial charge is 0.335 e. The lowest BCUT2D eigenvalue weighted by Gasteiger charge is -2.05. The van der Waals surface area contributed by atoms with Gasteiger partial charge in [-0.1, -0.05) is 34.1 Å². The van der Waals surface area contributed by atoms with Gasteiger partial charge in [-0.2, -0.15) is 0 Å². The molecule has 3 rings (SSSR count). The van der Waals surface area contributed by atoms with Crippen molar-refractivity contribution in [2.45, 2.75) is 0 Å². The van der Waals surface area contributed by atoms with Gasteiger partial charge in [-0.3, -0.25) is 10.7 Å². The number of nitrogens with one attached hydrogen (secondary N) is 2. The summed E-state index contributed by atoms with van der Waals surface area (Å²) in [5.41, 5.74) is 3.74. The summed E-state index contributed by atoms with van der Waals surface area (Å²) in [5, 5.41) is 20.0. The van der Waals surface area contributed by atoms with Crippen molar-refractivity contribution in [2.75, 3.05) is 5.32 Å². The average molecular weight is 374 g/mol. The van der Waals surface area contributed by atoms with E-state index in [1.807, 2.05) is 47.9 Å². The van der Waals surface area contributed by atoms with Gasteiger partial charge in [0.2, 0.25) is 5.82 Å². The number of amidine groups is 1. The van der Waals surface area contributed by atoms with Crippen LogP contribution in [0.1, 0.15) is 5.69 Å². The molecule has 3 aromatic rings. The van der Waals surface area contributed by atoms with E-state index in [2.05, 4.69) is 36.6 Å². The van der Waals surface area contributed by atoms with Gasteiger partial charge in [-0.15, -0.1) is 0 Å². The predicted octanol–water partition coefficient (Wildman–Crippen LogP) is 3.63. The van der Waals surface area contributed by atoms with Crippen LogP contribution in [0.2, 0.25) is 0 Å². The van der Waals surface area contributed by atoms with Crippen molar-refractivity contribution in [1.82, 2.24) is 15.8 Å². The third-order valence-electron chi connectivity index (χ3n) is 2.92. The molecule has 1 heterocycles. The van der Waals surface area contributed by atoms with Crippen LogP contribution in [-0.2, 0) is 0 Å². The minimum absolute atomic E-state index is 0.122. The van der Waals surface area contributed by atoms with Crippen molar-refractivity contribution in [1.29, 1.82) is 0 Å². The molecule has 7 nitrogen and oxygen atoms in total. The molecule has 0 bridgehead atoms. The lowest BCUT2D eigenvalue weighted by Crippen LogP contribution is -2.21. The molecule has 0 spiro atoms. The van der Waals surface area contributed by atoms with Crippen molar-refractivity contribution in [2.24, 2.45) is 4.99 Å². The Morgan fingerprint density at radius 2 is 1.78 bits per heavy atom. The number of rotatable bonds is 4. The fraction of sp³-hybridized carbons (Fsp3) is 0. The maximum Gasteiger partial charge on any atom is 0.206 e. The van der Waals surface area contributed by atoms with Crippen molar-refractivity contribution in [3.05, 3.63) is 64.8 Å². The molecule has 2 aromatic carbocycles. The van der Waals surface area contributed by atoms with E-state index >= 15 is 0 Å². The number of halogens is 1. The van der Waals surface area contributed by atoms with Gasteiger partial charge in [0, 0.05) is 10.2 Å². The molecule has 23 heavy (non-hydrogen) atoms. The van der Waals surface area contributed by atoms with Crippen LogP contribution in [0.25, 0.3) is 0 Å². The van der Waals surface area contributed by atoms with Crippen LogP contribution in [0, 0.1) is 0 Å². The maximum absolute atomic E-state index is 9.36. The minimum atomic E-state index is 0.122. The van der Waals surface area contributed by atoms with Gasteiger partial charge in [0.15, 0.2) is 11.5 Å². The summed E-state index contributed by atoms with van der Waals surface area (Å²) < 4.78 is 5.72. The number of hydrogen-bond acceptors (Lipinski definition) is 6. The Bertz CT molecular complexity index is 802. The van der Waals surface area contributed by atoms with E-state index in [0.717, 1.165) is 10.2 Å². The molecule has 116 valence electrons. The molecule has 0 fully saturated rings. The van der Waals surface area contributed by atoms with E-state index < -0.39 is 0 Å². The standard InChI is InChI=1S/C15H12BrN5O2/c16-10-6-8-12(9-7-10)18-15-13(20-23-21-15)14(19-22)17-11-4-2-1-3-5-11/h1-9,22H,(H,17,19)(H,18,21). The van der Waals surface area contributed by atoms with E-state index in [1.54, 1.807) is 12.1 Å². The van der Waals surface area contributed by atoms with E-state index in [-0.39, 0.29) is 11.5 Å². The molecular weight excluding hydrogens is 362 g/mol. The summed E-state index contributed by atoms with van der Waals surface area (Å²) in [6.07, 6.45) is 0. The molecule has 3 N–H and O–H groups in total. The molecule has 1 aromatic heterocycles. The van der Waals surface area contributed by atoms with Gasteiger partial charge in [0.05, 0.1) is 5.69 Å². The number of hydroxylamine groups is 1. The first-order chi connectivity index (χ1) is 11.3. The molecule has 0 atom stereocenters. The summed E-state index contributed by atoms with van der Waals surface area (Å²) in [7, 11) is 0. The van der Waals surface area contributed by atoms with Crippen LogP contribution >= 0.6 is 15.9 Å². The Morgan fingerprint density at radius 3 is 2.48 bits per heavy atom. The maximum atomic E-state index is 9.36. The zero-order valence-corrected chi connectivity index (χ0v) is 13.4. The van der Waals surface area contributed by atoms with Gasteiger partial charge >= 0.3 is 0 Å². The van der Waals surface area contributed by atoms with E-state index in [1.165, 1.54) is 0 Å². The van der Waals surface area contributed by atoms with Crippen molar-refractivity contribution >= 4 is 39.0 Å². The Kier molecular flexibility index (Phi) is 4.65. The highest BCUT2D eigenvalue weighted by Crippen LogP contribution is 2.21. The lowest BCUT2D eigenvalue weighted by atomic mass is 10.3. The summed E-state index contributed by atoms with van der Waals surface area (Å²) in [5.74, 6) is 0.459. The molecule has 0 radical (unpaired) electrons. The second-order valence-electron chi connectivity index (χ2n) is 4.50. The zero-order valence-electron chi connectivity index (χ0n) is 11.8. The Hall–Kier alpha value is -2.71. The summed E-state index contributed by atoms with van der Waals surface area (Å²) in [4.78, 5) is 4.28. The predicted molar refractivity (Wildman–Crippen MR) is 89.3 cm³/mol. The van der Waals surface area contributed by atoms with Crippen LogP contribution in [0.3, 0.4) is 0 Å². The average Bonchev–Trinajstić information content (AvgIpc) is 3.04. The number of aliphatic imine (C=N–C) groups is 1. The monoisotopic (exact) mass is 373 g/mol. The highest BCUT2D eigenvalue weighted by molar-refractivity contribution is 9.10. The molecule has 0 amide bonds. The normalized spacial score (nSPS) is 11.3. The SMILES string of the molecule is ONC(=Nc1ccccc1)c1nonc1Nc1ccc(Br)cc1. The molecular formula is C15H12BrN5O2. The molecule has 0 saturated heterocycles. The molecule has 0 aliphatic rings.